The van der Waals surface area contributed by atoms with E-state index < -0.39 is 11.7 Å². The molecule has 2 N–H and O–H groups in total. The van der Waals surface area contributed by atoms with Crippen molar-refractivity contribution >= 4 is 23.0 Å². The fourth-order valence-electron chi connectivity index (χ4n) is 2.42. The Labute approximate surface area is 133 Å². The van der Waals surface area contributed by atoms with E-state index in [-0.39, 0.29) is 0 Å². The summed E-state index contributed by atoms with van der Waals surface area (Å²) >= 11 is 5.12. The first-order valence-corrected chi connectivity index (χ1v) is 7.76. The van der Waals surface area contributed by atoms with Gasteiger partial charge in [-0.1, -0.05) is 17.7 Å². The van der Waals surface area contributed by atoms with Crippen LogP contribution in [0.5, 0.6) is 0 Å². The molecule has 6 heteroatoms. The Morgan fingerprint density at radius 1 is 1.23 bits per heavy atom. The van der Waals surface area contributed by atoms with Gasteiger partial charge in [-0.3, -0.25) is 0 Å². The fraction of sp³-hybridized carbons (Fsp3) is 0.438. The van der Waals surface area contributed by atoms with Gasteiger partial charge in [-0.25, -0.2) is 0 Å². The molecule has 0 aliphatic heterocycles. The van der Waals surface area contributed by atoms with Crippen LogP contribution in [0.3, 0.4) is 0 Å². The number of halogens is 3. The van der Waals surface area contributed by atoms with Gasteiger partial charge in [0.2, 0.25) is 0 Å². The largest absolute Gasteiger partial charge is 0.416 e. The highest BCUT2D eigenvalue weighted by molar-refractivity contribution is 7.80. The summed E-state index contributed by atoms with van der Waals surface area (Å²) in [5.41, 5.74) is 1.08. The van der Waals surface area contributed by atoms with E-state index in [9.17, 15) is 13.2 Å². The van der Waals surface area contributed by atoms with Crippen molar-refractivity contribution in [3.63, 3.8) is 0 Å². The maximum absolute atomic E-state index is 12.6. The minimum Gasteiger partial charge on any atom is -0.362 e. The number of hydrogen-bond donors (Lipinski definition) is 2. The zero-order valence-corrected chi connectivity index (χ0v) is 13.0. The van der Waals surface area contributed by atoms with Crippen molar-refractivity contribution in [3.8, 4) is 0 Å². The van der Waals surface area contributed by atoms with Crippen LogP contribution in [-0.2, 0) is 6.18 Å². The van der Waals surface area contributed by atoms with Crippen LogP contribution in [0, 0.1) is 0 Å². The summed E-state index contributed by atoms with van der Waals surface area (Å²) in [6.45, 7) is 0.691. The van der Waals surface area contributed by atoms with Crippen LogP contribution in [0.1, 0.15) is 37.7 Å². The Balaban J connectivity index is 1.80. The van der Waals surface area contributed by atoms with Gasteiger partial charge in [0, 0.05) is 12.2 Å². The Morgan fingerprint density at radius 2 is 2.05 bits per heavy atom. The average Bonchev–Trinajstić information content (AvgIpc) is 2.48. The summed E-state index contributed by atoms with van der Waals surface area (Å²) in [5.74, 6) is 0. The summed E-state index contributed by atoms with van der Waals surface area (Å²) in [6.07, 6.45) is 3.61. The van der Waals surface area contributed by atoms with Crippen LogP contribution >= 0.6 is 12.2 Å². The SMILES string of the molecule is FC(F)(F)c1cccc(NC(=S)NCCC2=CCCCC2)c1. The van der Waals surface area contributed by atoms with Crippen LogP contribution in [0.2, 0.25) is 0 Å². The van der Waals surface area contributed by atoms with Crippen molar-refractivity contribution in [1.29, 1.82) is 0 Å². The highest BCUT2D eigenvalue weighted by Gasteiger charge is 2.30. The third-order valence-corrected chi connectivity index (χ3v) is 3.81. The number of rotatable bonds is 4. The molecular weight excluding hydrogens is 309 g/mol. The zero-order chi connectivity index (χ0) is 16.0. The normalized spacial score (nSPS) is 15.1. The molecule has 2 rings (SSSR count). The molecule has 1 aromatic rings. The van der Waals surface area contributed by atoms with Gasteiger partial charge in [-0.2, -0.15) is 13.2 Å². The van der Waals surface area contributed by atoms with Crippen molar-refractivity contribution in [1.82, 2.24) is 5.32 Å². The highest BCUT2D eigenvalue weighted by atomic mass is 32.1. The van der Waals surface area contributed by atoms with Crippen molar-refractivity contribution in [2.24, 2.45) is 0 Å². The Morgan fingerprint density at radius 3 is 2.73 bits per heavy atom. The highest BCUT2D eigenvalue weighted by Crippen LogP contribution is 2.30. The molecule has 1 aromatic carbocycles. The summed E-state index contributed by atoms with van der Waals surface area (Å²) in [4.78, 5) is 0. The monoisotopic (exact) mass is 328 g/mol. The smallest absolute Gasteiger partial charge is 0.362 e. The number of alkyl halides is 3. The van der Waals surface area contributed by atoms with Gasteiger partial charge in [0.05, 0.1) is 5.56 Å². The predicted octanol–water partition coefficient (Wildman–Crippen LogP) is 4.88. The first-order chi connectivity index (χ1) is 10.4. The van der Waals surface area contributed by atoms with Gasteiger partial charge >= 0.3 is 6.18 Å². The lowest BCUT2D eigenvalue weighted by Gasteiger charge is -2.15. The topological polar surface area (TPSA) is 24.1 Å². The fourth-order valence-corrected chi connectivity index (χ4v) is 2.64. The zero-order valence-electron chi connectivity index (χ0n) is 12.2. The molecule has 22 heavy (non-hydrogen) atoms. The molecule has 0 aromatic heterocycles. The molecule has 0 heterocycles. The van der Waals surface area contributed by atoms with Gasteiger partial charge in [0.25, 0.3) is 0 Å². The van der Waals surface area contributed by atoms with Gasteiger partial charge in [-0.15, -0.1) is 0 Å². The van der Waals surface area contributed by atoms with Crippen LogP contribution in [0.15, 0.2) is 35.9 Å². The van der Waals surface area contributed by atoms with E-state index in [1.54, 1.807) is 6.07 Å². The summed E-state index contributed by atoms with van der Waals surface area (Å²) < 4.78 is 37.9. The van der Waals surface area contributed by atoms with Crippen LogP contribution in [0.25, 0.3) is 0 Å². The summed E-state index contributed by atoms with van der Waals surface area (Å²) in [5, 5.41) is 6.17. The van der Waals surface area contributed by atoms with Crippen molar-refractivity contribution in [2.75, 3.05) is 11.9 Å². The van der Waals surface area contributed by atoms with Gasteiger partial charge < -0.3 is 10.6 Å². The van der Waals surface area contributed by atoms with Gasteiger partial charge in [-0.05, 0) is 62.5 Å². The Bertz CT molecular complexity index is 553. The predicted molar refractivity (Wildman–Crippen MR) is 86.8 cm³/mol. The summed E-state index contributed by atoms with van der Waals surface area (Å²) in [6, 6.07) is 5.02. The molecule has 0 unspecified atom stereocenters. The molecule has 0 spiro atoms. The lowest BCUT2D eigenvalue weighted by molar-refractivity contribution is -0.137. The van der Waals surface area contributed by atoms with E-state index in [0.717, 1.165) is 31.4 Å². The second-order valence-electron chi connectivity index (χ2n) is 5.32. The molecule has 0 saturated carbocycles. The molecule has 0 bridgehead atoms. The standard InChI is InChI=1S/C16H19F3N2S/c17-16(18,19)13-7-4-8-14(11-13)21-15(22)20-10-9-12-5-2-1-3-6-12/h4-5,7-8,11H,1-3,6,9-10H2,(H2,20,21,22). The molecule has 0 fully saturated rings. The third kappa shape index (κ3) is 5.33. The summed E-state index contributed by atoms with van der Waals surface area (Å²) in [7, 11) is 0. The molecule has 2 nitrogen and oxygen atoms in total. The maximum Gasteiger partial charge on any atom is 0.416 e. The van der Waals surface area contributed by atoms with Crippen LogP contribution < -0.4 is 10.6 Å². The number of anilines is 1. The number of thiocarbonyl (C=S) groups is 1. The minimum absolute atomic E-state index is 0.337. The second kappa shape index (κ2) is 7.63. The Kier molecular flexibility index (Phi) is 5.83. The molecule has 120 valence electrons. The molecule has 0 atom stereocenters. The van der Waals surface area contributed by atoms with E-state index in [2.05, 4.69) is 16.7 Å². The second-order valence-corrected chi connectivity index (χ2v) is 5.73. The van der Waals surface area contributed by atoms with E-state index in [1.165, 1.54) is 24.5 Å². The van der Waals surface area contributed by atoms with Crippen LogP contribution in [0.4, 0.5) is 18.9 Å². The van der Waals surface area contributed by atoms with E-state index in [0.29, 0.717) is 17.3 Å². The third-order valence-electron chi connectivity index (χ3n) is 3.56. The number of benzene rings is 1. The van der Waals surface area contributed by atoms with Crippen molar-refractivity contribution in [2.45, 2.75) is 38.3 Å². The maximum atomic E-state index is 12.6. The molecule has 0 radical (unpaired) electrons. The first kappa shape index (κ1) is 16.8. The first-order valence-electron chi connectivity index (χ1n) is 7.35. The molecule has 1 aliphatic rings. The molecule has 0 saturated heterocycles. The quantitative estimate of drug-likeness (QED) is 0.608. The van der Waals surface area contributed by atoms with Gasteiger partial charge in [0.1, 0.15) is 0 Å². The lowest BCUT2D eigenvalue weighted by atomic mass is 9.97. The van der Waals surface area contributed by atoms with E-state index in [1.807, 2.05) is 0 Å². The van der Waals surface area contributed by atoms with Gasteiger partial charge in [0.15, 0.2) is 5.11 Å². The number of hydrogen-bond acceptors (Lipinski definition) is 1. The number of allylic oxidation sites excluding steroid dienone is 1. The minimum atomic E-state index is -4.35. The molecule has 1 aliphatic carbocycles. The Hall–Kier alpha value is -1.56. The van der Waals surface area contributed by atoms with Crippen molar-refractivity contribution in [3.05, 3.63) is 41.5 Å². The van der Waals surface area contributed by atoms with E-state index in [4.69, 9.17) is 12.2 Å². The number of nitrogens with one attached hydrogen (secondary N) is 2. The lowest BCUT2D eigenvalue weighted by Crippen LogP contribution is -2.29. The van der Waals surface area contributed by atoms with Crippen molar-refractivity contribution < 1.29 is 13.2 Å². The van der Waals surface area contributed by atoms with Crippen LogP contribution in [-0.4, -0.2) is 11.7 Å². The average molecular weight is 328 g/mol. The molecular formula is C16H19F3N2S. The van der Waals surface area contributed by atoms with E-state index >= 15 is 0 Å². The molecule has 0 amide bonds.